The number of rotatable bonds is 7. The topological polar surface area (TPSA) is 126 Å². The summed E-state index contributed by atoms with van der Waals surface area (Å²) in [5, 5.41) is 11.6. The van der Waals surface area contributed by atoms with Crippen molar-refractivity contribution in [3.05, 3.63) is 101 Å². The Morgan fingerprint density at radius 2 is 1.95 bits per heavy atom. The maximum atomic E-state index is 13.8. The summed E-state index contributed by atoms with van der Waals surface area (Å²) in [6.45, 7) is 5.56. The Balaban J connectivity index is 1.62. The SMILES string of the molecule is CCOC(=O)C1C(C)N=c2s/c(=C\c3ccc(-c4ccc(C)cc4[N+](=O)[O-])o3)c(=O)n2C1c1ccc(OC)cc1. The lowest BCUT2D eigenvalue weighted by Crippen LogP contribution is -2.47. The fourth-order valence-electron chi connectivity index (χ4n) is 4.93. The van der Waals surface area contributed by atoms with Crippen LogP contribution < -0.4 is 19.6 Å². The highest BCUT2D eigenvalue weighted by Gasteiger charge is 2.41. The van der Waals surface area contributed by atoms with Gasteiger partial charge in [-0.2, -0.15) is 0 Å². The van der Waals surface area contributed by atoms with Crippen molar-refractivity contribution in [1.82, 2.24) is 4.57 Å². The highest BCUT2D eigenvalue weighted by atomic mass is 32.1. The highest BCUT2D eigenvalue weighted by molar-refractivity contribution is 7.07. The van der Waals surface area contributed by atoms with E-state index in [1.165, 1.54) is 22.0 Å². The Bertz CT molecular complexity index is 1770. The molecule has 0 N–H and O–H groups in total. The quantitative estimate of drug-likeness (QED) is 0.190. The van der Waals surface area contributed by atoms with E-state index in [2.05, 4.69) is 4.99 Å². The predicted molar refractivity (Wildman–Crippen MR) is 149 cm³/mol. The van der Waals surface area contributed by atoms with Crippen molar-refractivity contribution >= 4 is 29.1 Å². The van der Waals surface area contributed by atoms with Crippen LogP contribution in [0.3, 0.4) is 0 Å². The van der Waals surface area contributed by atoms with Gasteiger partial charge < -0.3 is 13.9 Å². The van der Waals surface area contributed by atoms with Crippen LogP contribution in [0.25, 0.3) is 17.4 Å². The van der Waals surface area contributed by atoms with E-state index in [0.29, 0.717) is 32.2 Å². The fraction of sp³-hybridized carbons (Fsp3) is 0.276. The number of nitro benzene ring substituents is 1. The summed E-state index contributed by atoms with van der Waals surface area (Å²) < 4.78 is 18.5. The number of hydrogen-bond donors (Lipinski definition) is 0. The van der Waals surface area contributed by atoms with Crippen LogP contribution in [-0.4, -0.2) is 35.2 Å². The molecule has 206 valence electrons. The molecule has 0 saturated carbocycles. The van der Waals surface area contributed by atoms with Gasteiger partial charge in [-0.25, -0.2) is 0 Å². The minimum absolute atomic E-state index is 0.0623. The van der Waals surface area contributed by atoms with E-state index in [9.17, 15) is 19.7 Å². The molecule has 0 fully saturated rings. The first-order valence-electron chi connectivity index (χ1n) is 12.7. The number of thiazole rings is 1. The molecule has 3 unspecified atom stereocenters. The molecule has 40 heavy (non-hydrogen) atoms. The van der Waals surface area contributed by atoms with E-state index in [4.69, 9.17) is 13.9 Å². The maximum Gasteiger partial charge on any atom is 0.313 e. The first kappa shape index (κ1) is 27.1. The fourth-order valence-corrected chi connectivity index (χ4v) is 6.00. The third kappa shape index (κ3) is 4.95. The number of furan rings is 1. The molecule has 0 aliphatic carbocycles. The molecule has 2 aromatic heterocycles. The van der Waals surface area contributed by atoms with Crippen molar-refractivity contribution in [2.24, 2.45) is 10.9 Å². The van der Waals surface area contributed by atoms with Crippen molar-refractivity contribution in [3.63, 3.8) is 0 Å². The van der Waals surface area contributed by atoms with Gasteiger partial charge in [0.2, 0.25) is 0 Å². The summed E-state index contributed by atoms with van der Waals surface area (Å²) in [4.78, 5) is 43.2. The van der Waals surface area contributed by atoms with Crippen LogP contribution in [0, 0.1) is 23.0 Å². The smallest absolute Gasteiger partial charge is 0.313 e. The number of fused-ring (bicyclic) bond motifs is 1. The molecule has 1 aliphatic rings. The van der Waals surface area contributed by atoms with Gasteiger partial charge in [-0.3, -0.25) is 29.3 Å². The van der Waals surface area contributed by atoms with Crippen LogP contribution in [-0.2, 0) is 9.53 Å². The second kappa shape index (κ2) is 10.9. The van der Waals surface area contributed by atoms with Crippen molar-refractivity contribution in [3.8, 4) is 17.1 Å². The molecule has 0 bridgehead atoms. The second-order valence-electron chi connectivity index (χ2n) is 9.41. The molecule has 0 saturated heterocycles. The average molecular weight is 562 g/mol. The van der Waals surface area contributed by atoms with Gasteiger partial charge in [0.25, 0.3) is 11.2 Å². The number of nitro groups is 1. The molecule has 3 atom stereocenters. The van der Waals surface area contributed by atoms with Gasteiger partial charge in [0.1, 0.15) is 23.2 Å². The number of nitrogens with zero attached hydrogens (tertiary/aromatic N) is 3. The lowest BCUT2D eigenvalue weighted by Gasteiger charge is -2.32. The Morgan fingerprint density at radius 3 is 2.62 bits per heavy atom. The maximum absolute atomic E-state index is 13.8. The number of carbonyl (C=O) groups is 1. The van der Waals surface area contributed by atoms with Crippen molar-refractivity contribution < 1.29 is 23.6 Å². The van der Waals surface area contributed by atoms with E-state index >= 15 is 0 Å². The third-order valence-corrected chi connectivity index (χ3v) is 7.82. The van der Waals surface area contributed by atoms with E-state index in [0.717, 1.165) is 11.1 Å². The second-order valence-corrected chi connectivity index (χ2v) is 10.4. The molecule has 0 amide bonds. The zero-order valence-corrected chi connectivity index (χ0v) is 23.1. The molecule has 10 nitrogen and oxygen atoms in total. The Kier molecular flexibility index (Phi) is 7.40. The van der Waals surface area contributed by atoms with E-state index in [1.807, 2.05) is 19.1 Å². The third-order valence-electron chi connectivity index (χ3n) is 6.82. The number of hydrogen-bond acceptors (Lipinski definition) is 9. The van der Waals surface area contributed by atoms with Crippen LogP contribution in [0.5, 0.6) is 5.75 Å². The van der Waals surface area contributed by atoms with Gasteiger partial charge in [-0.05, 0) is 62.2 Å². The van der Waals surface area contributed by atoms with Crippen LogP contribution >= 0.6 is 11.3 Å². The normalized spacial score (nSPS) is 18.6. The molecule has 3 heterocycles. The summed E-state index contributed by atoms with van der Waals surface area (Å²) in [7, 11) is 1.57. The first-order valence-corrected chi connectivity index (χ1v) is 13.5. The zero-order chi connectivity index (χ0) is 28.6. The number of carbonyl (C=O) groups excluding carboxylic acids is 1. The number of benzene rings is 2. The van der Waals surface area contributed by atoms with Gasteiger partial charge in [0, 0.05) is 12.1 Å². The Morgan fingerprint density at radius 1 is 1.20 bits per heavy atom. The van der Waals surface area contributed by atoms with E-state index < -0.39 is 28.9 Å². The van der Waals surface area contributed by atoms with Crippen molar-refractivity contribution in [2.75, 3.05) is 13.7 Å². The van der Waals surface area contributed by atoms with Crippen LogP contribution in [0.15, 0.2) is 68.8 Å². The van der Waals surface area contributed by atoms with Gasteiger partial charge in [0.15, 0.2) is 4.80 Å². The molecular formula is C29H27N3O7S. The Labute approximate surface area is 233 Å². The first-order chi connectivity index (χ1) is 19.2. The molecular weight excluding hydrogens is 534 g/mol. The Hall–Kier alpha value is -4.51. The summed E-state index contributed by atoms with van der Waals surface area (Å²) in [6, 6.07) is 14.4. The number of aryl methyl sites for hydroxylation is 1. The van der Waals surface area contributed by atoms with Gasteiger partial charge in [0.05, 0.1) is 40.8 Å². The number of methoxy groups -OCH3 is 1. The average Bonchev–Trinajstić information content (AvgIpc) is 3.52. The van der Waals surface area contributed by atoms with Crippen molar-refractivity contribution in [2.45, 2.75) is 32.9 Å². The van der Waals surface area contributed by atoms with Gasteiger partial charge >= 0.3 is 5.97 Å². The molecule has 4 aromatic rings. The minimum atomic E-state index is -0.710. The number of aromatic nitrogens is 1. The summed E-state index contributed by atoms with van der Waals surface area (Å²) in [6.07, 6.45) is 1.59. The number of ether oxygens (including phenoxy) is 2. The molecule has 2 aromatic carbocycles. The molecule has 11 heteroatoms. The lowest BCUT2D eigenvalue weighted by atomic mass is 9.86. The number of esters is 1. The zero-order valence-electron chi connectivity index (χ0n) is 22.3. The van der Waals surface area contributed by atoms with E-state index in [-0.39, 0.29) is 17.9 Å². The monoisotopic (exact) mass is 561 g/mol. The van der Waals surface area contributed by atoms with Crippen molar-refractivity contribution in [1.29, 1.82) is 0 Å². The lowest BCUT2D eigenvalue weighted by molar-refractivity contribution is -0.384. The molecule has 0 spiro atoms. The largest absolute Gasteiger partial charge is 0.497 e. The summed E-state index contributed by atoms with van der Waals surface area (Å²) in [5.41, 5.74) is 1.47. The predicted octanol–water partition coefficient (Wildman–Crippen LogP) is 4.01. The van der Waals surface area contributed by atoms with Gasteiger partial charge in [-0.15, -0.1) is 0 Å². The van der Waals surface area contributed by atoms with Gasteiger partial charge in [-0.1, -0.05) is 29.5 Å². The standard InChI is InChI=1S/C29H27N3O7S/c1-5-38-28(34)25-17(3)30-29-31(26(25)18-7-9-19(37-4)10-8-18)27(33)24(40-29)15-20-11-13-23(39-20)21-12-6-16(2)14-22(21)32(35)36/h6-15,17,25-26H,5H2,1-4H3/b24-15-. The molecule has 1 aliphatic heterocycles. The summed E-state index contributed by atoms with van der Waals surface area (Å²) >= 11 is 1.19. The van der Waals surface area contributed by atoms with Crippen LogP contribution in [0.2, 0.25) is 0 Å². The van der Waals surface area contributed by atoms with Crippen LogP contribution in [0.1, 0.15) is 36.8 Å². The summed E-state index contributed by atoms with van der Waals surface area (Å²) in [5.74, 6) is 0.190. The van der Waals surface area contributed by atoms with Crippen LogP contribution in [0.4, 0.5) is 5.69 Å². The highest BCUT2D eigenvalue weighted by Crippen LogP contribution is 2.34. The van der Waals surface area contributed by atoms with E-state index in [1.54, 1.807) is 63.4 Å². The minimum Gasteiger partial charge on any atom is -0.497 e. The molecule has 5 rings (SSSR count). The molecule has 0 radical (unpaired) electrons.